The van der Waals surface area contributed by atoms with E-state index in [2.05, 4.69) is 9.82 Å². The minimum absolute atomic E-state index is 0.350. The van der Waals surface area contributed by atoms with Gasteiger partial charge in [-0.3, -0.25) is 0 Å². The van der Waals surface area contributed by atoms with Crippen molar-refractivity contribution in [2.24, 2.45) is 0 Å². The number of rotatable bonds is 1. The SMILES string of the molecule is CC(=O)On1cnc(C)c1. The number of nitrogens with zero attached hydrogens (tertiary/aromatic N) is 2. The van der Waals surface area contributed by atoms with Gasteiger partial charge in [0.25, 0.3) is 0 Å². The van der Waals surface area contributed by atoms with E-state index in [0.29, 0.717) is 0 Å². The minimum atomic E-state index is -0.350. The van der Waals surface area contributed by atoms with Gasteiger partial charge < -0.3 is 4.84 Å². The minimum Gasteiger partial charge on any atom is -0.336 e. The van der Waals surface area contributed by atoms with Gasteiger partial charge in [0.1, 0.15) is 6.33 Å². The molecule has 0 fully saturated rings. The summed E-state index contributed by atoms with van der Waals surface area (Å²) in [6, 6.07) is 0. The molecule has 4 nitrogen and oxygen atoms in total. The zero-order valence-electron chi connectivity index (χ0n) is 5.87. The van der Waals surface area contributed by atoms with Gasteiger partial charge in [-0.1, -0.05) is 0 Å². The van der Waals surface area contributed by atoms with Gasteiger partial charge in [0.15, 0.2) is 0 Å². The molecule has 0 bridgehead atoms. The molecule has 1 aromatic heterocycles. The average Bonchev–Trinajstić information content (AvgIpc) is 2.13. The zero-order valence-corrected chi connectivity index (χ0v) is 5.87. The molecule has 0 atom stereocenters. The molecule has 0 saturated carbocycles. The Bertz CT molecular complexity index is 242. The van der Waals surface area contributed by atoms with Crippen molar-refractivity contribution in [3.63, 3.8) is 0 Å². The maximum atomic E-state index is 10.4. The highest BCUT2D eigenvalue weighted by molar-refractivity contribution is 5.66. The zero-order chi connectivity index (χ0) is 7.56. The van der Waals surface area contributed by atoms with Crippen LogP contribution in [0.3, 0.4) is 0 Å². The first-order valence-corrected chi connectivity index (χ1v) is 2.88. The van der Waals surface area contributed by atoms with E-state index in [-0.39, 0.29) is 5.97 Å². The number of hydrogen-bond acceptors (Lipinski definition) is 3. The summed E-state index contributed by atoms with van der Waals surface area (Å²) in [7, 11) is 0. The lowest BCUT2D eigenvalue weighted by atomic mass is 10.6. The van der Waals surface area contributed by atoms with Crippen molar-refractivity contribution in [1.29, 1.82) is 0 Å². The molecular formula is C6H8N2O2. The van der Waals surface area contributed by atoms with E-state index in [1.165, 1.54) is 18.0 Å². The van der Waals surface area contributed by atoms with Gasteiger partial charge in [0, 0.05) is 6.92 Å². The monoisotopic (exact) mass is 140 g/mol. The Morgan fingerprint density at radius 3 is 2.90 bits per heavy atom. The fraction of sp³-hybridized carbons (Fsp3) is 0.333. The van der Waals surface area contributed by atoms with Crippen LogP contribution in [0.15, 0.2) is 12.5 Å². The normalized spacial score (nSPS) is 9.40. The lowest BCUT2D eigenvalue weighted by molar-refractivity contribution is -0.141. The van der Waals surface area contributed by atoms with Crippen molar-refractivity contribution in [1.82, 2.24) is 9.71 Å². The summed E-state index contributed by atoms with van der Waals surface area (Å²) in [6.45, 7) is 3.16. The molecule has 4 heteroatoms. The molecular weight excluding hydrogens is 132 g/mol. The number of hydrogen-bond donors (Lipinski definition) is 0. The Labute approximate surface area is 58.4 Å². The molecule has 0 amide bonds. The second-order valence-corrected chi connectivity index (χ2v) is 1.96. The van der Waals surface area contributed by atoms with Gasteiger partial charge >= 0.3 is 5.97 Å². The second kappa shape index (κ2) is 2.51. The molecule has 0 N–H and O–H groups in total. The van der Waals surface area contributed by atoms with Gasteiger partial charge in [-0.2, -0.15) is 4.73 Å². The largest absolute Gasteiger partial charge is 0.336 e. The van der Waals surface area contributed by atoms with Crippen LogP contribution in [0.4, 0.5) is 0 Å². The van der Waals surface area contributed by atoms with E-state index in [9.17, 15) is 4.79 Å². The van der Waals surface area contributed by atoms with Gasteiger partial charge in [-0.15, -0.1) is 0 Å². The molecule has 54 valence electrons. The van der Waals surface area contributed by atoms with Crippen LogP contribution in [0, 0.1) is 6.92 Å². The molecule has 0 unspecified atom stereocenters. The van der Waals surface area contributed by atoms with Crippen LogP contribution >= 0.6 is 0 Å². The predicted octanol–water partition coefficient (Wildman–Crippen LogP) is 0.167. The first-order valence-electron chi connectivity index (χ1n) is 2.88. The van der Waals surface area contributed by atoms with Crippen LogP contribution in [-0.2, 0) is 4.79 Å². The lowest BCUT2D eigenvalue weighted by Gasteiger charge is -1.96. The highest BCUT2D eigenvalue weighted by Gasteiger charge is 1.95. The Morgan fingerprint density at radius 1 is 1.80 bits per heavy atom. The Balaban J connectivity index is 2.67. The summed E-state index contributed by atoms with van der Waals surface area (Å²) < 4.78 is 1.28. The molecule has 0 spiro atoms. The quantitative estimate of drug-likeness (QED) is 0.558. The number of aryl methyl sites for hydroxylation is 1. The molecule has 1 heterocycles. The van der Waals surface area contributed by atoms with Crippen molar-refractivity contribution >= 4 is 5.97 Å². The molecule has 0 aliphatic rings. The van der Waals surface area contributed by atoms with Gasteiger partial charge in [-0.05, 0) is 6.92 Å². The van der Waals surface area contributed by atoms with Crippen LogP contribution in [0.1, 0.15) is 12.6 Å². The standard InChI is InChI=1S/C6H8N2O2/c1-5-3-8(4-7-5)10-6(2)9/h3-4H,1-2H3. The maximum absolute atomic E-state index is 10.4. The molecule has 0 saturated heterocycles. The molecule has 1 rings (SSSR count). The van der Waals surface area contributed by atoms with Crippen molar-refractivity contribution in [2.75, 3.05) is 0 Å². The Hall–Kier alpha value is -1.32. The van der Waals surface area contributed by atoms with E-state index in [0.717, 1.165) is 5.69 Å². The number of aromatic nitrogens is 2. The van der Waals surface area contributed by atoms with Crippen LogP contribution in [0.25, 0.3) is 0 Å². The van der Waals surface area contributed by atoms with E-state index in [1.807, 2.05) is 6.92 Å². The Kier molecular flexibility index (Phi) is 1.71. The summed E-state index contributed by atoms with van der Waals surface area (Å²) in [5.41, 5.74) is 0.821. The lowest BCUT2D eigenvalue weighted by Crippen LogP contribution is -2.14. The van der Waals surface area contributed by atoms with E-state index in [4.69, 9.17) is 0 Å². The second-order valence-electron chi connectivity index (χ2n) is 1.96. The van der Waals surface area contributed by atoms with Crippen molar-refractivity contribution in [3.05, 3.63) is 18.2 Å². The van der Waals surface area contributed by atoms with Crippen LogP contribution in [0.2, 0.25) is 0 Å². The predicted molar refractivity (Wildman–Crippen MR) is 34.2 cm³/mol. The first kappa shape index (κ1) is 6.80. The first-order chi connectivity index (χ1) is 4.68. The van der Waals surface area contributed by atoms with Crippen molar-refractivity contribution in [2.45, 2.75) is 13.8 Å². The molecule has 0 aromatic carbocycles. The van der Waals surface area contributed by atoms with E-state index in [1.54, 1.807) is 6.20 Å². The van der Waals surface area contributed by atoms with Crippen molar-refractivity contribution < 1.29 is 9.63 Å². The van der Waals surface area contributed by atoms with Crippen LogP contribution in [0.5, 0.6) is 0 Å². The third-order valence-electron chi connectivity index (χ3n) is 0.923. The van der Waals surface area contributed by atoms with E-state index < -0.39 is 0 Å². The highest BCUT2D eigenvalue weighted by atomic mass is 16.7. The maximum Gasteiger partial charge on any atom is 0.329 e. The summed E-state index contributed by atoms with van der Waals surface area (Å²) in [4.78, 5) is 18.9. The number of carbonyl (C=O) groups excluding carboxylic acids is 1. The average molecular weight is 140 g/mol. The fourth-order valence-electron chi connectivity index (χ4n) is 0.597. The number of imidazole rings is 1. The van der Waals surface area contributed by atoms with Gasteiger partial charge in [0.2, 0.25) is 0 Å². The van der Waals surface area contributed by atoms with Crippen molar-refractivity contribution in [3.8, 4) is 0 Å². The van der Waals surface area contributed by atoms with Gasteiger partial charge in [-0.25, -0.2) is 9.78 Å². The topological polar surface area (TPSA) is 44.1 Å². The molecule has 10 heavy (non-hydrogen) atoms. The third-order valence-corrected chi connectivity index (χ3v) is 0.923. The van der Waals surface area contributed by atoms with Crippen LogP contribution < -0.4 is 4.84 Å². The van der Waals surface area contributed by atoms with Crippen LogP contribution in [-0.4, -0.2) is 15.7 Å². The summed E-state index contributed by atoms with van der Waals surface area (Å²) >= 11 is 0. The van der Waals surface area contributed by atoms with Gasteiger partial charge in [0.05, 0.1) is 11.9 Å². The fourth-order valence-corrected chi connectivity index (χ4v) is 0.597. The highest BCUT2D eigenvalue weighted by Crippen LogP contribution is 1.89. The molecule has 0 radical (unpaired) electrons. The molecule has 0 aliphatic carbocycles. The molecule has 1 aromatic rings. The molecule has 0 aliphatic heterocycles. The smallest absolute Gasteiger partial charge is 0.329 e. The summed E-state index contributed by atoms with van der Waals surface area (Å²) in [5, 5.41) is 0. The number of carbonyl (C=O) groups is 1. The summed E-state index contributed by atoms with van der Waals surface area (Å²) in [5.74, 6) is -0.350. The Morgan fingerprint density at radius 2 is 2.50 bits per heavy atom. The third kappa shape index (κ3) is 1.58. The summed E-state index contributed by atoms with van der Waals surface area (Å²) in [6.07, 6.45) is 3.07. The van der Waals surface area contributed by atoms with E-state index >= 15 is 0 Å².